The van der Waals surface area contributed by atoms with Crippen molar-refractivity contribution in [1.82, 2.24) is 10.0 Å². The number of aryl methyl sites for hydroxylation is 1. The van der Waals surface area contributed by atoms with Gasteiger partial charge in [-0.3, -0.25) is 14.4 Å². The predicted octanol–water partition coefficient (Wildman–Crippen LogP) is 5.20. The zero-order valence-electron chi connectivity index (χ0n) is 29.2. The van der Waals surface area contributed by atoms with Crippen molar-refractivity contribution >= 4 is 45.1 Å². The van der Waals surface area contributed by atoms with Gasteiger partial charge in [-0.05, 0) is 105 Å². The number of halogens is 1. The number of rotatable bonds is 5. The topological polar surface area (TPSA) is 140 Å². The standard InChI is InChI=1S/C37H48ClN3O8S/c1-24-8-7-16-37(48-4,20-34(42)39-21-35(43)47-3)31-14-11-28(31)22-41-17-6-5-9-26-18-30(38)13-10-29(26)23-49-33-15-12-27(19-32(33)41)36(44)40-50(45,46)25(24)2/h7,10,12-13,15-16,18-19,24-25,28,31H,5-6,8-9,11,14,17,20-23H2,1-4H3,(H,39,42)(H,40,44)/b16-7+/t24-,25+,28-,31+,37+/m0/s1. The highest BCUT2D eigenvalue weighted by Crippen LogP contribution is 2.47. The number of sulfonamides is 1. The zero-order chi connectivity index (χ0) is 36.1. The first kappa shape index (κ1) is 37.6. The molecule has 1 aliphatic carbocycles. The van der Waals surface area contributed by atoms with E-state index >= 15 is 0 Å². The van der Waals surface area contributed by atoms with Crippen LogP contribution in [0.1, 0.15) is 73.9 Å². The number of hydrogen-bond donors (Lipinski definition) is 2. The van der Waals surface area contributed by atoms with Crippen molar-refractivity contribution in [2.24, 2.45) is 17.8 Å². The van der Waals surface area contributed by atoms with Crippen LogP contribution in [-0.4, -0.2) is 70.9 Å². The van der Waals surface area contributed by atoms with E-state index in [-0.39, 0.29) is 42.2 Å². The fourth-order valence-corrected chi connectivity index (χ4v) is 8.70. The fraction of sp³-hybridized carbons (Fsp3) is 0.541. The van der Waals surface area contributed by atoms with Crippen molar-refractivity contribution in [1.29, 1.82) is 0 Å². The van der Waals surface area contributed by atoms with Gasteiger partial charge in [-0.1, -0.05) is 36.7 Å². The number of carbonyl (C=O) groups excluding carboxylic acids is 3. The Kier molecular flexibility index (Phi) is 12.2. The number of anilines is 1. The first-order valence-corrected chi connectivity index (χ1v) is 19.2. The third kappa shape index (κ3) is 8.63. The Morgan fingerprint density at radius 2 is 1.90 bits per heavy atom. The number of esters is 1. The summed E-state index contributed by atoms with van der Waals surface area (Å²) in [4.78, 5) is 40.8. The van der Waals surface area contributed by atoms with E-state index in [1.54, 1.807) is 32.2 Å². The minimum Gasteiger partial charge on any atom is -0.487 e. The van der Waals surface area contributed by atoms with Crippen LogP contribution in [0.3, 0.4) is 0 Å². The Labute approximate surface area is 300 Å². The summed E-state index contributed by atoms with van der Waals surface area (Å²) in [7, 11) is -1.19. The SMILES string of the molecule is COC(=O)CNC(=O)C[C@]1(OC)/C=C/C[C@H](C)[C@@H](C)S(=O)(=O)NC(=O)c2ccc3c(c2)N(CCCCc2cc(Cl)ccc2CO3)C[C@@H]2CC[C@H]21. The van der Waals surface area contributed by atoms with Crippen LogP contribution < -0.4 is 19.7 Å². The molecule has 2 bridgehead atoms. The first-order chi connectivity index (χ1) is 23.9. The van der Waals surface area contributed by atoms with Crippen molar-refractivity contribution in [3.8, 4) is 5.75 Å². The summed E-state index contributed by atoms with van der Waals surface area (Å²) in [5, 5.41) is 2.43. The summed E-state index contributed by atoms with van der Waals surface area (Å²) in [5.41, 5.74) is 2.06. The van der Waals surface area contributed by atoms with Gasteiger partial charge in [-0.15, -0.1) is 0 Å². The Hall–Kier alpha value is -3.61. The van der Waals surface area contributed by atoms with Gasteiger partial charge in [0.1, 0.15) is 18.9 Å². The maximum atomic E-state index is 13.5. The molecule has 2 amide bonds. The molecule has 5 rings (SSSR count). The maximum Gasteiger partial charge on any atom is 0.325 e. The number of amides is 2. The molecule has 11 nitrogen and oxygen atoms in total. The van der Waals surface area contributed by atoms with Crippen molar-refractivity contribution in [3.63, 3.8) is 0 Å². The first-order valence-electron chi connectivity index (χ1n) is 17.3. The predicted molar refractivity (Wildman–Crippen MR) is 192 cm³/mol. The van der Waals surface area contributed by atoms with Gasteiger partial charge in [0, 0.05) is 30.8 Å². The van der Waals surface area contributed by atoms with Crippen LogP contribution in [0.15, 0.2) is 48.6 Å². The quantitative estimate of drug-likeness (QED) is 0.314. The molecular weight excluding hydrogens is 682 g/mol. The molecule has 272 valence electrons. The number of nitrogens with zero attached hydrogens (tertiary/aromatic N) is 1. The molecule has 2 aromatic carbocycles. The summed E-state index contributed by atoms with van der Waals surface area (Å²) in [6.07, 6.45) is 8.39. The van der Waals surface area contributed by atoms with Gasteiger partial charge in [0.25, 0.3) is 5.91 Å². The smallest absolute Gasteiger partial charge is 0.325 e. The number of carbonyl (C=O) groups is 3. The van der Waals surface area contributed by atoms with Crippen LogP contribution in [0.5, 0.6) is 5.75 Å². The summed E-state index contributed by atoms with van der Waals surface area (Å²) in [6, 6.07) is 10.9. The fourth-order valence-electron chi connectivity index (χ4n) is 7.22. The largest absolute Gasteiger partial charge is 0.487 e. The second-order valence-corrected chi connectivity index (χ2v) is 16.2. The zero-order valence-corrected chi connectivity index (χ0v) is 30.8. The van der Waals surface area contributed by atoms with Gasteiger partial charge in [0.2, 0.25) is 15.9 Å². The third-order valence-electron chi connectivity index (χ3n) is 10.6. The van der Waals surface area contributed by atoms with Gasteiger partial charge >= 0.3 is 5.97 Å². The van der Waals surface area contributed by atoms with E-state index in [1.807, 2.05) is 37.3 Å². The van der Waals surface area contributed by atoms with E-state index in [9.17, 15) is 22.8 Å². The molecule has 0 saturated heterocycles. The molecule has 3 aliphatic rings. The number of allylic oxidation sites excluding steroid dienone is 1. The van der Waals surface area contributed by atoms with Crippen LogP contribution in [0.2, 0.25) is 5.02 Å². The number of benzene rings is 2. The Bertz CT molecular complexity index is 1720. The van der Waals surface area contributed by atoms with Crippen molar-refractivity contribution in [3.05, 3.63) is 70.3 Å². The van der Waals surface area contributed by atoms with Crippen molar-refractivity contribution < 1.29 is 37.0 Å². The van der Waals surface area contributed by atoms with E-state index in [0.29, 0.717) is 42.6 Å². The molecule has 2 heterocycles. The number of ether oxygens (including phenoxy) is 3. The highest BCUT2D eigenvalue weighted by molar-refractivity contribution is 7.90. The van der Waals surface area contributed by atoms with Gasteiger partial charge in [-0.25, -0.2) is 13.1 Å². The maximum absolute atomic E-state index is 13.5. The number of fused-ring (bicyclic) bond motifs is 3. The molecule has 0 aromatic heterocycles. The van der Waals surface area contributed by atoms with Crippen molar-refractivity contribution in [2.45, 2.75) is 76.3 Å². The van der Waals surface area contributed by atoms with Crippen LogP contribution in [0.25, 0.3) is 0 Å². The Balaban J connectivity index is 1.56. The van der Waals surface area contributed by atoms with E-state index in [1.165, 1.54) is 7.11 Å². The normalized spacial score (nSPS) is 27.5. The molecule has 50 heavy (non-hydrogen) atoms. The summed E-state index contributed by atoms with van der Waals surface area (Å²) >= 11 is 6.35. The molecular formula is C37H48ClN3O8S. The third-order valence-corrected chi connectivity index (χ3v) is 12.8. The minimum absolute atomic E-state index is 0.0267. The molecule has 1 fully saturated rings. The van der Waals surface area contributed by atoms with Gasteiger partial charge in [-0.2, -0.15) is 0 Å². The van der Waals surface area contributed by atoms with Gasteiger partial charge in [0.15, 0.2) is 0 Å². The molecule has 5 atom stereocenters. The number of methoxy groups -OCH3 is 2. The second kappa shape index (κ2) is 16.2. The Morgan fingerprint density at radius 3 is 2.62 bits per heavy atom. The average molecular weight is 730 g/mol. The number of hydrogen-bond acceptors (Lipinski definition) is 9. The highest BCUT2D eigenvalue weighted by Gasteiger charge is 2.48. The molecule has 13 heteroatoms. The van der Waals surface area contributed by atoms with Gasteiger partial charge < -0.3 is 24.4 Å². The molecule has 2 N–H and O–H groups in total. The van der Waals surface area contributed by atoms with Gasteiger partial charge in [0.05, 0.1) is 30.1 Å². The average Bonchev–Trinajstić information content (AvgIpc) is 3.10. The minimum atomic E-state index is -4.04. The van der Waals surface area contributed by atoms with E-state index in [0.717, 1.165) is 43.2 Å². The highest BCUT2D eigenvalue weighted by atomic mass is 35.5. The lowest BCUT2D eigenvalue weighted by atomic mass is 9.63. The van der Waals surface area contributed by atoms with Crippen LogP contribution in [0.4, 0.5) is 5.69 Å². The lowest BCUT2D eigenvalue weighted by molar-refractivity contribution is -0.143. The molecule has 2 aromatic rings. The summed E-state index contributed by atoms with van der Waals surface area (Å²) in [5.74, 6) is -1.33. The van der Waals surface area contributed by atoms with Crippen LogP contribution in [-0.2, 0) is 42.1 Å². The van der Waals surface area contributed by atoms with Crippen LogP contribution >= 0.6 is 11.6 Å². The van der Waals surface area contributed by atoms with E-state index in [4.69, 9.17) is 25.8 Å². The molecule has 1 saturated carbocycles. The summed E-state index contributed by atoms with van der Waals surface area (Å²) < 4.78 is 46.6. The van der Waals surface area contributed by atoms with E-state index in [2.05, 4.69) is 14.9 Å². The van der Waals surface area contributed by atoms with Crippen molar-refractivity contribution in [2.75, 3.05) is 38.8 Å². The monoisotopic (exact) mass is 729 g/mol. The summed E-state index contributed by atoms with van der Waals surface area (Å²) in [6.45, 7) is 4.69. The molecule has 2 aliphatic heterocycles. The van der Waals surface area contributed by atoms with Crippen LogP contribution in [0, 0.1) is 17.8 Å². The van der Waals surface area contributed by atoms with E-state index < -0.39 is 32.8 Å². The number of nitrogens with one attached hydrogen (secondary N) is 2. The lowest BCUT2D eigenvalue weighted by Crippen LogP contribution is -2.53. The molecule has 0 radical (unpaired) electrons. The Morgan fingerprint density at radius 1 is 1.10 bits per heavy atom. The second-order valence-electron chi connectivity index (χ2n) is 13.7. The molecule has 0 spiro atoms. The lowest BCUT2D eigenvalue weighted by Gasteiger charge is -2.49. The molecule has 0 unspecified atom stereocenters.